The Labute approximate surface area is 211 Å². The zero-order valence-electron chi connectivity index (χ0n) is 18.7. The smallest absolute Gasteiger partial charge is 0.283 e. The summed E-state index contributed by atoms with van der Waals surface area (Å²) in [5, 5.41) is 5.74. The number of Topliss-reactive ketones (excluding diaryl/α,β-unsaturated/α-hetero) is 1. The Morgan fingerprint density at radius 1 is 0.829 bits per heavy atom. The number of benzene rings is 3. The van der Waals surface area contributed by atoms with Crippen molar-refractivity contribution in [3.63, 3.8) is 0 Å². The summed E-state index contributed by atoms with van der Waals surface area (Å²) < 4.78 is 0. The minimum atomic E-state index is -0.677. The van der Waals surface area contributed by atoms with E-state index in [-0.39, 0.29) is 16.5 Å². The molecule has 0 fully saturated rings. The molecule has 0 unspecified atom stereocenters. The Morgan fingerprint density at radius 2 is 1.46 bits per heavy atom. The van der Waals surface area contributed by atoms with Crippen LogP contribution in [-0.4, -0.2) is 23.5 Å². The lowest BCUT2D eigenvalue weighted by atomic mass is 10.1. The SMILES string of the molecule is CC(=O)c1cccc(NC(=O)c2cccc(NC3=C(Cl)C(=O)N(c4cccc(Cl)c4C)C3=O)c2)c1. The molecule has 3 aromatic rings. The average molecular weight is 508 g/mol. The van der Waals surface area contributed by atoms with Crippen LogP contribution in [0.1, 0.15) is 33.2 Å². The molecule has 0 radical (unpaired) electrons. The Hall–Kier alpha value is -3.94. The second kappa shape index (κ2) is 9.74. The van der Waals surface area contributed by atoms with Crippen LogP contribution in [0.2, 0.25) is 5.02 Å². The highest BCUT2D eigenvalue weighted by atomic mass is 35.5. The first-order chi connectivity index (χ1) is 16.7. The van der Waals surface area contributed by atoms with Gasteiger partial charge in [-0.15, -0.1) is 0 Å². The fraction of sp³-hybridized carbons (Fsp3) is 0.0769. The molecule has 0 atom stereocenters. The molecule has 0 spiro atoms. The molecule has 9 heteroatoms. The first kappa shape index (κ1) is 24.2. The maximum absolute atomic E-state index is 13.1. The van der Waals surface area contributed by atoms with Crippen molar-refractivity contribution < 1.29 is 19.2 Å². The van der Waals surface area contributed by atoms with Gasteiger partial charge < -0.3 is 10.6 Å². The quantitative estimate of drug-likeness (QED) is 0.337. The van der Waals surface area contributed by atoms with E-state index in [1.807, 2.05) is 0 Å². The van der Waals surface area contributed by atoms with Crippen LogP contribution in [0.4, 0.5) is 17.1 Å². The summed E-state index contributed by atoms with van der Waals surface area (Å²) in [5.41, 5.74) is 2.41. The van der Waals surface area contributed by atoms with E-state index in [2.05, 4.69) is 10.6 Å². The van der Waals surface area contributed by atoms with E-state index in [9.17, 15) is 19.2 Å². The number of nitrogens with zero attached hydrogens (tertiary/aromatic N) is 1. The minimum Gasteiger partial charge on any atom is -0.350 e. The van der Waals surface area contributed by atoms with Gasteiger partial charge in [0.2, 0.25) is 0 Å². The van der Waals surface area contributed by atoms with Crippen LogP contribution in [0.3, 0.4) is 0 Å². The van der Waals surface area contributed by atoms with Crippen LogP contribution < -0.4 is 15.5 Å². The molecular weight excluding hydrogens is 489 g/mol. The van der Waals surface area contributed by atoms with Crippen LogP contribution in [0, 0.1) is 6.92 Å². The molecular formula is C26H19Cl2N3O4. The summed E-state index contributed by atoms with van der Waals surface area (Å²) in [7, 11) is 0. The number of rotatable bonds is 6. The Kier molecular flexibility index (Phi) is 6.73. The van der Waals surface area contributed by atoms with Crippen molar-refractivity contribution in [2.75, 3.05) is 15.5 Å². The van der Waals surface area contributed by atoms with Crippen molar-refractivity contribution in [3.05, 3.63) is 99.2 Å². The molecule has 0 saturated carbocycles. The highest BCUT2D eigenvalue weighted by Gasteiger charge is 2.39. The van der Waals surface area contributed by atoms with Gasteiger partial charge in [0.1, 0.15) is 10.7 Å². The fourth-order valence-electron chi connectivity index (χ4n) is 3.57. The molecule has 176 valence electrons. The molecule has 1 aliphatic rings. The number of ketones is 1. The van der Waals surface area contributed by atoms with Gasteiger partial charge in [0.15, 0.2) is 5.78 Å². The van der Waals surface area contributed by atoms with Crippen molar-refractivity contribution in [3.8, 4) is 0 Å². The van der Waals surface area contributed by atoms with E-state index in [0.29, 0.717) is 38.8 Å². The topological polar surface area (TPSA) is 95.6 Å². The molecule has 35 heavy (non-hydrogen) atoms. The van der Waals surface area contributed by atoms with E-state index in [0.717, 1.165) is 4.90 Å². The minimum absolute atomic E-state index is 0.109. The van der Waals surface area contributed by atoms with Crippen LogP contribution in [-0.2, 0) is 9.59 Å². The summed E-state index contributed by atoms with van der Waals surface area (Å²) in [4.78, 5) is 51.2. The maximum Gasteiger partial charge on any atom is 0.283 e. The van der Waals surface area contributed by atoms with E-state index < -0.39 is 17.7 Å². The van der Waals surface area contributed by atoms with Gasteiger partial charge in [-0.3, -0.25) is 19.2 Å². The molecule has 2 N–H and O–H groups in total. The summed E-state index contributed by atoms with van der Waals surface area (Å²) in [6.45, 7) is 3.14. The molecule has 4 rings (SSSR count). The molecule has 7 nitrogen and oxygen atoms in total. The van der Waals surface area contributed by atoms with Gasteiger partial charge in [0.25, 0.3) is 17.7 Å². The lowest BCUT2D eigenvalue weighted by Gasteiger charge is -2.18. The highest BCUT2D eigenvalue weighted by Crippen LogP contribution is 2.34. The molecule has 1 aliphatic heterocycles. The number of amides is 3. The zero-order valence-corrected chi connectivity index (χ0v) is 20.2. The van der Waals surface area contributed by atoms with Gasteiger partial charge in [-0.2, -0.15) is 0 Å². The van der Waals surface area contributed by atoms with Crippen LogP contribution >= 0.6 is 23.2 Å². The fourth-order valence-corrected chi connectivity index (χ4v) is 3.95. The van der Waals surface area contributed by atoms with Gasteiger partial charge in [0.05, 0.1) is 5.69 Å². The Balaban J connectivity index is 1.55. The number of hydrogen-bond donors (Lipinski definition) is 2. The predicted octanol–water partition coefficient (Wildman–Crippen LogP) is 5.54. The van der Waals surface area contributed by atoms with E-state index in [4.69, 9.17) is 23.2 Å². The normalized spacial score (nSPS) is 13.3. The number of halogens is 2. The lowest BCUT2D eigenvalue weighted by molar-refractivity contribution is -0.120. The predicted molar refractivity (Wildman–Crippen MR) is 136 cm³/mol. The monoisotopic (exact) mass is 507 g/mol. The molecule has 3 amide bonds. The number of carbonyl (C=O) groups is 4. The van der Waals surface area contributed by atoms with Gasteiger partial charge >= 0.3 is 0 Å². The van der Waals surface area contributed by atoms with Crippen molar-refractivity contribution in [1.82, 2.24) is 0 Å². The third-order valence-electron chi connectivity index (χ3n) is 5.43. The van der Waals surface area contributed by atoms with E-state index in [1.165, 1.54) is 13.0 Å². The second-order valence-corrected chi connectivity index (χ2v) is 8.60. The molecule has 0 aliphatic carbocycles. The van der Waals surface area contributed by atoms with Gasteiger partial charge in [-0.05, 0) is 61.9 Å². The highest BCUT2D eigenvalue weighted by molar-refractivity contribution is 6.53. The number of imide groups is 1. The van der Waals surface area contributed by atoms with Crippen molar-refractivity contribution in [1.29, 1.82) is 0 Å². The van der Waals surface area contributed by atoms with Gasteiger partial charge in [-0.25, -0.2) is 4.90 Å². The number of hydrogen-bond acceptors (Lipinski definition) is 5. The summed E-state index contributed by atoms with van der Waals surface area (Å²) in [6.07, 6.45) is 0. The molecule has 0 aromatic heterocycles. The third kappa shape index (κ3) is 4.82. The molecule has 3 aromatic carbocycles. The van der Waals surface area contributed by atoms with Crippen LogP contribution in [0.15, 0.2) is 77.5 Å². The van der Waals surface area contributed by atoms with Crippen molar-refractivity contribution >= 4 is 63.8 Å². The lowest BCUT2D eigenvalue weighted by Crippen LogP contribution is -2.32. The second-order valence-electron chi connectivity index (χ2n) is 7.82. The summed E-state index contributed by atoms with van der Waals surface area (Å²) >= 11 is 12.4. The van der Waals surface area contributed by atoms with E-state index in [1.54, 1.807) is 67.6 Å². The maximum atomic E-state index is 13.1. The largest absolute Gasteiger partial charge is 0.350 e. The Bertz CT molecular complexity index is 1430. The van der Waals surface area contributed by atoms with Gasteiger partial charge in [-0.1, -0.05) is 47.5 Å². The third-order valence-corrected chi connectivity index (χ3v) is 6.19. The van der Waals surface area contributed by atoms with E-state index >= 15 is 0 Å². The molecule has 0 saturated heterocycles. The molecule has 0 bridgehead atoms. The standard InChI is InChI=1S/C26H19Cl2N3O4/c1-14-20(27)10-5-11-21(14)31-25(34)22(28)23(26(31)35)29-18-8-4-7-17(13-18)24(33)30-19-9-3-6-16(12-19)15(2)32/h3-13,29H,1-2H3,(H,30,33). The number of carbonyl (C=O) groups excluding carboxylic acids is 4. The van der Waals surface area contributed by atoms with Crippen molar-refractivity contribution in [2.45, 2.75) is 13.8 Å². The van der Waals surface area contributed by atoms with Crippen molar-refractivity contribution in [2.24, 2.45) is 0 Å². The number of nitrogens with one attached hydrogen (secondary N) is 2. The summed E-state index contributed by atoms with van der Waals surface area (Å²) in [6, 6.07) is 17.9. The van der Waals surface area contributed by atoms with Crippen LogP contribution in [0.5, 0.6) is 0 Å². The zero-order chi connectivity index (χ0) is 25.3. The summed E-state index contributed by atoms with van der Waals surface area (Å²) in [5.74, 6) is -1.85. The first-order valence-corrected chi connectivity index (χ1v) is 11.3. The number of anilines is 3. The van der Waals surface area contributed by atoms with Gasteiger partial charge in [0, 0.05) is 27.5 Å². The van der Waals surface area contributed by atoms with Crippen LogP contribution in [0.25, 0.3) is 0 Å². The first-order valence-electron chi connectivity index (χ1n) is 10.5. The molecule has 1 heterocycles. The Morgan fingerprint density at radius 3 is 2.17 bits per heavy atom. The average Bonchev–Trinajstić information content (AvgIpc) is 3.04.